The van der Waals surface area contributed by atoms with E-state index < -0.39 is 5.91 Å². The van der Waals surface area contributed by atoms with Crippen molar-refractivity contribution in [1.29, 1.82) is 0 Å². The van der Waals surface area contributed by atoms with Gasteiger partial charge in [-0.15, -0.1) is 0 Å². The number of rotatable bonds is 8. The Morgan fingerprint density at radius 3 is 2.46 bits per heavy atom. The molecule has 8 heteroatoms. The molecule has 0 aliphatic rings. The van der Waals surface area contributed by atoms with Gasteiger partial charge in [0, 0.05) is 15.6 Å². The number of benzene rings is 2. The second-order valence-corrected chi connectivity index (χ2v) is 6.46. The molecular weight excluding hydrogens is 401 g/mol. The highest BCUT2D eigenvalue weighted by molar-refractivity contribution is 6.31. The maximum Gasteiger partial charge on any atom is 0.246 e. The summed E-state index contributed by atoms with van der Waals surface area (Å²) in [5.74, 6) is 0.00187. The molecule has 1 N–H and O–H groups in total. The van der Waals surface area contributed by atoms with Gasteiger partial charge in [0.1, 0.15) is 12.3 Å². The van der Waals surface area contributed by atoms with Gasteiger partial charge in [-0.1, -0.05) is 41.4 Å². The third kappa shape index (κ3) is 6.11. The Morgan fingerprint density at radius 1 is 1.18 bits per heavy atom. The van der Waals surface area contributed by atoms with Crippen molar-refractivity contribution in [2.45, 2.75) is 6.92 Å². The van der Waals surface area contributed by atoms with E-state index in [2.05, 4.69) is 10.4 Å². The molecule has 0 aromatic heterocycles. The molecular formula is C20H19Cl2N3O3. The molecule has 0 radical (unpaired) electrons. The predicted molar refractivity (Wildman–Crippen MR) is 112 cm³/mol. The number of hydrazone groups is 1. The number of methoxy groups -OCH3 is 1. The van der Waals surface area contributed by atoms with Gasteiger partial charge < -0.3 is 10.1 Å². The molecule has 2 amide bonds. The van der Waals surface area contributed by atoms with Gasteiger partial charge in [0.25, 0.3) is 0 Å². The number of ether oxygens (including phenoxy) is 1. The second-order valence-electron chi connectivity index (χ2n) is 5.59. The van der Waals surface area contributed by atoms with Crippen molar-refractivity contribution in [2.75, 3.05) is 19.0 Å². The Labute approximate surface area is 173 Å². The van der Waals surface area contributed by atoms with E-state index in [9.17, 15) is 9.59 Å². The maximum atomic E-state index is 12.4. The molecule has 0 saturated heterocycles. The summed E-state index contributed by atoms with van der Waals surface area (Å²) in [6, 6.07) is 11.8. The van der Waals surface area contributed by atoms with Gasteiger partial charge in [-0.25, -0.2) is 5.01 Å². The number of hydrogen-bond acceptors (Lipinski definition) is 4. The Kier molecular flexibility index (Phi) is 8.04. The third-order valence-electron chi connectivity index (χ3n) is 3.56. The molecule has 0 unspecified atom stereocenters. The molecule has 0 saturated carbocycles. The van der Waals surface area contributed by atoms with Gasteiger partial charge in [-0.2, -0.15) is 5.10 Å². The summed E-state index contributed by atoms with van der Waals surface area (Å²) in [7, 11) is 1.48. The van der Waals surface area contributed by atoms with E-state index in [0.29, 0.717) is 33.6 Å². The number of hydrogen-bond donors (Lipinski definition) is 1. The highest BCUT2D eigenvalue weighted by Crippen LogP contribution is 2.27. The molecule has 0 aliphatic heterocycles. The summed E-state index contributed by atoms with van der Waals surface area (Å²) >= 11 is 11.9. The quantitative estimate of drug-likeness (QED) is 0.392. The molecule has 0 atom stereocenters. The summed E-state index contributed by atoms with van der Waals surface area (Å²) in [5.41, 5.74) is 1.67. The fraction of sp³-hybridized carbons (Fsp3) is 0.150. The van der Waals surface area contributed by atoms with Crippen molar-refractivity contribution < 1.29 is 14.3 Å². The van der Waals surface area contributed by atoms with E-state index in [0.717, 1.165) is 10.6 Å². The van der Waals surface area contributed by atoms with Crippen molar-refractivity contribution in [3.8, 4) is 5.75 Å². The Hall–Kier alpha value is -2.83. The highest BCUT2D eigenvalue weighted by atomic mass is 35.5. The number of allylic oxidation sites excluding steroid dienone is 2. The lowest BCUT2D eigenvalue weighted by Gasteiger charge is -2.15. The van der Waals surface area contributed by atoms with Crippen molar-refractivity contribution in [2.24, 2.45) is 5.10 Å². The van der Waals surface area contributed by atoms with Crippen LogP contribution in [0.25, 0.3) is 0 Å². The first kappa shape index (κ1) is 21.5. The van der Waals surface area contributed by atoms with Crippen LogP contribution in [-0.2, 0) is 9.59 Å². The summed E-state index contributed by atoms with van der Waals surface area (Å²) in [6.45, 7) is 1.54. The van der Waals surface area contributed by atoms with Crippen LogP contribution in [0, 0.1) is 0 Å². The zero-order valence-electron chi connectivity index (χ0n) is 15.4. The predicted octanol–water partition coefficient (Wildman–Crippen LogP) is 4.38. The van der Waals surface area contributed by atoms with Gasteiger partial charge in [0.2, 0.25) is 12.3 Å². The molecule has 2 aromatic rings. The zero-order chi connectivity index (χ0) is 20.5. The second kappa shape index (κ2) is 10.5. The number of halogens is 2. The van der Waals surface area contributed by atoms with E-state index >= 15 is 0 Å². The monoisotopic (exact) mass is 419 g/mol. The van der Waals surface area contributed by atoms with E-state index in [1.807, 2.05) is 6.92 Å². The fourth-order valence-electron chi connectivity index (χ4n) is 2.32. The minimum Gasteiger partial charge on any atom is -0.495 e. The molecule has 0 heterocycles. The Balaban J connectivity index is 2.18. The smallest absolute Gasteiger partial charge is 0.246 e. The number of carbonyl (C=O) groups is 2. The molecule has 0 fully saturated rings. The number of amides is 2. The van der Waals surface area contributed by atoms with Crippen LogP contribution in [0.3, 0.4) is 0 Å². The van der Waals surface area contributed by atoms with Crippen LogP contribution < -0.4 is 10.1 Å². The van der Waals surface area contributed by atoms with E-state index in [1.165, 1.54) is 7.11 Å². The standard InChI is InChI=1S/C20H19Cl2N3O3/c1-3-4-17(14-5-7-15(21)8-6-14)24-25(13-26)12-20(27)23-18-11-16(22)9-10-19(18)28-2/h3-11,13H,12H2,1-2H3,(H,23,27)/b4-3-,24-17+. The minimum absolute atomic E-state index is 0.284. The maximum absolute atomic E-state index is 12.4. The number of anilines is 1. The summed E-state index contributed by atoms with van der Waals surface area (Å²) in [6.07, 6.45) is 4.00. The van der Waals surface area contributed by atoms with E-state index in [-0.39, 0.29) is 6.54 Å². The molecule has 6 nitrogen and oxygen atoms in total. The molecule has 0 spiro atoms. The number of carbonyl (C=O) groups excluding carboxylic acids is 2. The minimum atomic E-state index is -0.452. The summed E-state index contributed by atoms with van der Waals surface area (Å²) in [4.78, 5) is 23.8. The van der Waals surface area contributed by atoms with Gasteiger partial charge >= 0.3 is 0 Å². The molecule has 2 rings (SSSR count). The summed E-state index contributed by atoms with van der Waals surface area (Å²) in [5, 5.41) is 8.97. The lowest BCUT2D eigenvalue weighted by Crippen LogP contribution is -2.29. The van der Waals surface area contributed by atoms with E-state index in [1.54, 1.807) is 54.6 Å². The summed E-state index contributed by atoms with van der Waals surface area (Å²) < 4.78 is 5.19. The van der Waals surface area contributed by atoms with Crippen LogP contribution in [0.15, 0.2) is 59.7 Å². The molecule has 146 valence electrons. The van der Waals surface area contributed by atoms with Crippen molar-refractivity contribution in [3.05, 3.63) is 70.2 Å². The number of nitrogens with zero attached hydrogens (tertiary/aromatic N) is 2. The molecule has 0 bridgehead atoms. The van der Waals surface area contributed by atoms with Crippen LogP contribution in [0.4, 0.5) is 5.69 Å². The average Bonchev–Trinajstić information content (AvgIpc) is 2.67. The topological polar surface area (TPSA) is 71.0 Å². The SMILES string of the molecule is C/C=C\C(=N/N(C=O)CC(=O)Nc1cc(Cl)ccc1OC)c1ccc(Cl)cc1. The van der Waals surface area contributed by atoms with Gasteiger partial charge in [-0.3, -0.25) is 9.59 Å². The Bertz CT molecular complexity index is 896. The van der Waals surface area contributed by atoms with Crippen LogP contribution in [-0.4, -0.2) is 36.7 Å². The van der Waals surface area contributed by atoms with E-state index in [4.69, 9.17) is 27.9 Å². The van der Waals surface area contributed by atoms with Crippen LogP contribution in [0.1, 0.15) is 12.5 Å². The first-order chi connectivity index (χ1) is 13.5. The first-order valence-corrected chi connectivity index (χ1v) is 9.05. The van der Waals surface area contributed by atoms with Crippen molar-refractivity contribution in [3.63, 3.8) is 0 Å². The van der Waals surface area contributed by atoms with Crippen LogP contribution in [0.2, 0.25) is 10.0 Å². The van der Waals surface area contributed by atoms with Crippen LogP contribution >= 0.6 is 23.2 Å². The highest BCUT2D eigenvalue weighted by Gasteiger charge is 2.13. The molecule has 28 heavy (non-hydrogen) atoms. The third-order valence-corrected chi connectivity index (χ3v) is 4.05. The van der Waals surface area contributed by atoms with Crippen molar-refractivity contribution >= 4 is 46.9 Å². The Morgan fingerprint density at radius 2 is 1.86 bits per heavy atom. The lowest BCUT2D eigenvalue weighted by molar-refractivity contribution is -0.125. The lowest BCUT2D eigenvalue weighted by atomic mass is 10.1. The van der Waals surface area contributed by atoms with Crippen molar-refractivity contribution in [1.82, 2.24) is 5.01 Å². The molecule has 2 aromatic carbocycles. The fourth-order valence-corrected chi connectivity index (χ4v) is 2.61. The van der Waals surface area contributed by atoms with Gasteiger partial charge in [-0.05, 0) is 43.3 Å². The average molecular weight is 420 g/mol. The number of nitrogens with one attached hydrogen (secondary N) is 1. The largest absolute Gasteiger partial charge is 0.495 e. The van der Waals surface area contributed by atoms with Crippen LogP contribution in [0.5, 0.6) is 5.75 Å². The first-order valence-electron chi connectivity index (χ1n) is 8.29. The normalized spacial score (nSPS) is 11.4. The van der Waals surface area contributed by atoms with Gasteiger partial charge in [0.15, 0.2) is 0 Å². The zero-order valence-corrected chi connectivity index (χ0v) is 16.9. The molecule has 0 aliphatic carbocycles. The van der Waals surface area contributed by atoms with Gasteiger partial charge in [0.05, 0.1) is 18.5 Å².